The van der Waals surface area contributed by atoms with Crippen LogP contribution >= 0.6 is 0 Å². The Morgan fingerprint density at radius 1 is 0.761 bits per heavy atom. The van der Waals surface area contributed by atoms with E-state index >= 15 is 0 Å². The van der Waals surface area contributed by atoms with E-state index in [1.165, 1.54) is 7.11 Å². The molecule has 4 aromatic carbocycles. The summed E-state index contributed by atoms with van der Waals surface area (Å²) >= 11 is 0. The molecule has 0 saturated carbocycles. The van der Waals surface area contributed by atoms with Crippen LogP contribution in [-0.2, 0) is 48.3 Å². The SMILES string of the molecule is CO[C@H]1O[C@H](COCc2ccccc2)[C@H](OCc2ccccc2)[C@H](NN(C=O)c2cc(F)c(F)c(F)c2)[C@H]1OCc1ccccc1. The van der Waals surface area contributed by atoms with E-state index in [1.807, 2.05) is 91.0 Å². The third-order valence-corrected chi connectivity index (χ3v) is 7.49. The van der Waals surface area contributed by atoms with Crippen molar-refractivity contribution in [1.29, 1.82) is 0 Å². The highest BCUT2D eigenvalue weighted by Crippen LogP contribution is 2.30. The Labute approximate surface area is 265 Å². The Hall–Kier alpha value is -4.10. The summed E-state index contributed by atoms with van der Waals surface area (Å²) in [6.45, 7) is 0.670. The van der Waals surface area contributed by atoms with Crippen LogP contribution in [0.3, 0.4) is 0 Å². The number of amides is 1. The largest absolute Gasteiger partial charge is 0.374 e. The van der Waals surface area contributed by atoms with Gasteiger partial charge in [0.15, 0.2) is 23.7 Å². The highest BCUT2D eigenvalue weighted by Gasteiger charge is 2.48. The monoisotopic (exact) mass is 636 g/mol. The van der Waals surface area contributed by atoms with E-state index in [0.717, 1.165) is 21.7 Å². The number of halogens is 3. The molecule has 242 valence electrons. The van der Waals surface area contributed by atoms with E-state index in [9.17, 15) is 18.0 Å². The second kappa shape index (κ2) is 16.5. The number of nitrogens with zero attached hydrogens (tertiary/aromatic N) is 1. The van der Waals surface area contributed by atoms with Crippen LogP contribution in [0.1, 0.15) is 16.7 Å². The molecule has 1 amide bonds. The highest BCUT2D eigenvalue weighted by molar-refractivity contribution is 5.73. The lowest BCUT2D eigenvalue weighted by Gasteiger charge is -2.47. The quantitative estimate of drug-likeness (QED) is 0.102. The van der Waals surface area contributed by atoms with E-state index in [2.05, 4.69) is 5.43 Å². The van der Waals surface area contributed by atoms with Gasteiger partial charge in [0.05, 0.1) is 38.2 Å². The number of ether oxygens (including phenoxy) is 5. The van der Waals surface area contributed by atoms with Crippen molar-refractivity contribution in [2.45, 2.75) is 50.5 Å². The molecule has 1 aliphatic rings. The summed E-state index contributed by atoms with van der Waals surface area (Å²) in [7, 11) is 1.45. The van der Waals surface area contributed by atoms with Crippen molar-refractivity contribution in [3.63, 3.8) is 0 Å². The molecule has 4 aromatic rings. The number of benzene rings is 4. The predicted molar refractivity (Wildman–Crippen MR) is 164 cm³/mol. The third kappa shape index (κ3) is 8.58. The number of hydrogen-bond acceptors (Lipinski definition) is 7. The van der Waals surface area contributed by atoms with Crippen molar-refractivity contribution in [3.05, 3.63) is 137 Å². The highest BCUT2D eigenvalue weighted by atomic mass is 19.2. The molecular formula is C35H35F3N2O6. The van der Waals surface area contributed by atoms with Crippen molar-refractivity contribution in [2.75, 3.05) is 18.7 Å². The number of hydrogen-bond donors (Lipinski definition) is 1. The first-order chi connectivity index (χ1) is 22.5. The van der Waals surface area contributed by atoms with E-state index in [1.54, 1.807) is 0 Å². The summed E-state index contributed by atoms with van der Waals surface area (Å²) in [4.78, 5) is 12.4. The summed E-state index contributed by atoms with van der Waals surface area (Å²) < 4.78 is 73.3. The normalized spacial score (nSPS) is 21.2. The van der Waals surface area contributed by atoms with Crippen molar-refractivity contribution in [2.24, 2.45) is 0 Å². The molecule has 1 fully saturated rings. The minimum atomic E-state index is -1.65. The Bertz CT molecular complexity index is 1500. The zero-order valence-corrected chi connectivity index (χ0v) is 25.1. The van der Waals surface area contributed by atoms with Gasteiger partial charge in [-0.2, -0.15) is 0 Å². The summed E-state index contributed by atoms with van der Waals surface area (Å²) in [6.07, 6.45) is -3.15. The Morgan fingerprint density at radius 2 is 1.26 bits per heavy atom. The molecule has 1 saturated heterocycles. The first kappa shape index (κ1) is 33.3. The molecule has 0 aromatic heterocycles. The van der Waals surface area contributed by atoms with E-state index < -0.39 is 48.1 Å². The Kier molecular flexibility index (Phi) is 11.9. The Morgan fingerprint density at radius 3 is 1.76 bits per heavy atom. The second-order valence-electron chi connectivity index (χ2n) is 10.7. The molecule has 5 atom stereocenters. The van der Waals surface area contributed by atoms with Gasteiger partial charge in [-0.3, -0.25) is 4.79 Å². The zero-order chi connectivity index (χ0) is 32.3. The van der Waals surface area contributed by atoms with Gasteiger partial charge in [-0.25, -0.2) is 23.6 Å². The van der Waals surface area contributed by atoms with Crippen LogP contribution < -0.4 is 10.4 Å². The van der Waals surface area contributed by atoms with E-state index in [-0.39, 0.29) is 25.5 Å². The zero-order valence-electron chi connectivity index (χ0n) is 25.1. The number of hydrazine groups is 1. The first-order valence-electron chi connectivity index (χ1n) is 14.7. The van der Waals surface area contributed by atoms with Gasteiger partial charge in [-0.05, 0) is 16.7 Å². The van der Waals surface area contributed by atoms with Crippen LogP contribution in [0.15, 0.2) is 103 Å². The van der Waals surface area contributed by atoms with E-state index in [0.29, 0.717) is 25.1 Å². The fourth-order valence-corrected chi connectivity index (χ4v) is 5.19. The van der Waals surface area contributed by atoms with Crippen LogP contribution in [0.2, 0.25) is 0 Å². The van der Waals surface area contributed by atoms with Gasteiger partial charge in [-0.15, -0.1) is 0 Å². The smallest absolute Gasteiger partial charge is 0.228 e. The van der Waals surface area contributed by atoms with Gasteiger partial charge >= 0.3 is 0 Å². The second-order valence-corrected chi connectivity index (χ2v) is 10.7. The van der Waals surface area contributed by atoms with Gasteiger partial charge in [-0.1, -0.05) is 91.0 Å². The molecule has 1 aliphatic heterocycles. The number of carbonyl (C=O) groups excluding carboxylic acids is 1. The van der Waals surface area contributed by atoms with Gasteiger partial charge in [0, 0.05) is 19.2 Å². The molecule has 5 rings (SSSR count). The average molecular weight is 637 g/mol. The number of nitrogens with one attached hydrogen (secondary N) is 1. The number of carbonyl (C=O) groups is 1. The average Bonchev–Trinajstić information content (AvgIpc) is 3.09. The molecule has 1 N–H and O–H groups in total. The summed E-state index contributed by atoms with van der Waals surface area (Å²) in [6, 6.07) is 29.0. The first-order valence-corrected chi connectivity index (χ1v) is 14.7. The van der Waals surface area contributed by atoms with E-state index in [4.69, 9.17) is 23.7 Å². The minimum absolute atomic E-state index is 0.0681. The molecule has 0 spiro atoms. The van der Waals surface area contributed by atoms with Crippen LogP contribution in [-0.4, -0.2) is 50.8 Å². The van der Waals surface area contributed by atoms with Gasteiger partial charge in [0.25, 0.3) is 0 Å². The maximum Gasteiger partial charge on any atom is 0.228 e. The molecule has 46 heavy (non-hydrogen) atoms. The molecule has 0 aliphatic carbocycles. The van der Waals surface area contributed by atoms with Gasteiger partial charge < -0.3 is 23.7 Å². The van der Waals surface area contributed by atoms with Crippen LogP contribution in [0, 0.1) is 17.5 Å². The molecule has 0 bridgehead atoms. The maximum absolute atomic E-state index is 14.3. The fraction of sp³-hybridized carbons (Fsp3) is 0.286. The molecule has 1 heterocycles. The molecule has 8 nitrogen and oxygen atoms in total. The topological polar surface area (TPSA) is 78.5 Å². The number of anilines is 1. The van der Waals surface area contributed by atoms with Crippen molar-refractivity contribution in [1.82, 2.24) is 5.43 Å². The van der Waals surface area contributed by atoms with Gasteiger partial charge in [0.2, 0.25) is 6.41 Å². The van der Waals surface area contributed by atoms with Crippen LogP contribution in [0.25, 0.3) is 0 Å². The van der Waals surface area contributed by atoms with Crippen molar-refractivity contribution >= 4 is 12.1 Å². The maximum atomic E-state index is 14.3. The Balaban J connectivity index is 1.48. The lowest BCUT2D eigenvalue weighted by molar-refractivity contribution is -0.293. The van der Waals surface area contributed by atoms with Crippen molar-refractivity contribution < 1.29 is 41.7 Å². The number of methoxy groups -OCH3 is 1. The van der Waals surface area contributed by atoms with Gasteiger partial charge in [0.1, 0.15) is 18.3 Å². The van der Waals surface area contributed by atoms with Crippen LogP contribution in [0.4, 0.5) is 18.9 Å². The predicted octanol–water partition coefficient (Wildman–Crippen LogP) is 5.70. The lowest BCUT2D eigenvalue weighted by Crippen LogP contribution is -2.68. The van der Waals surface area contributed by atoms with Crippen LogP contribution in [0.5, 0.6) is 0 Å². The molecule has 0 unspecified atom stereocenters. The standard InChI is InChI=1S/C35H35F3N2O6/c1-42-35-34(45-21-26-15-9-4-10-16-26)32(39-40(23-41)27-17-28(36)31(38)29(37)18-27)33(44-20-25-13-7-3-8-14-25)30(46-35)22-43-19-24-11-5-2-6-12-24/h2-18,23,30,32-35,39H,19-22H2,1H3/t30-,32+,33+,34-,35+/m1/s1. The minimum Gasteiger partial charge on any atom is -0.374 e. The summed E-state index contributed by atoms with van der Waals surface area (Å²) in [5.41, 5.74) is 5.43. The molecule has 11 heteroatoms. The number of rotatable bonds is 15. The molecular weight excluding hydrogens is 601 g/mol. The summed E-state index contributed by atoms with van der Waals surface area (Å²) in [5, 5.41) is 0.855. The van der Waals surface area contributed by atoms with Crippen molar-refractivity contribution in [3.8, 4) is 0 Å². The molecule has 0 radical (unpaired) electrons. The third-order valence-electron chi connectivity index (χ3n) is 7.49. The lowest BCUT2D eigenvalue weighted by atomic mass is 9.96. The fourth-order valence-electron chi connectivity index (χ4n) is 5.19. The summed E-state index contributed by atoms with van der Waals surface area (Å²) in [5.74, 6) is -4.55.